The number of nitriles is 1. The Bertz CT molecular complexity index is 208. The minimum absolute atomic E-state index is 0.291. The maximum absolute atomic E-state index is 8.33. The molecule has 0 spiro atoms. The molecule has 0 bridgehead atoms. The summed E-state index contributed by atoms with van der Waals surface area (Å²) in [5.74, 6) is 0. The highest BCUT2D eigenvalue weighted by molar-refractivity contribution is 5.13. The van der Waals surface area contributed by atoms with Crippen molar-refractivity contribution in [2.45, 2.75) is 33.2 Å². The van der Waals surface area contributed by atoms with E-state index in [9.17, 15) is 0 Å². The van der Waals surface area contributed by atoms with E-state index in [0.717, 1.165) is 0 Å². The van der Waals surface area contributed by atoms with Gasteiger partial charge < -0.3 is 15.2 Å². The van der Waals surface area contributed by atoms with Crippen molar-refractivity contribution in [1.82, 2.24) is 0 Å². The van der Waals surface area contributed by atoms with E-state index in [4.69, 9.17) is 20.5 Å². The van der Waals surface area contributed by atoms with E-state index in [2.05, 4.69) is 0 Å². The van der Waals surface area contributed by atoms with Crippen LogP contribution in [0.5, 0.6) is 0 Å². The Morgan fingerprint density at radius 2 is 2.23 bits per heavy atom. The fourth-order valence-electron chi connectivity index (χ4n) is 0.832. The molecule has 2 unspecified atom stereocenters. The lowest BCUT2D eigenvalue weighted by Gasteiger charge is -2.18. The zero-order valence-electron chi connectivity index (χ0n) is 8.28. The van der Waals surface area contributed by atoms with Gasteiger partial charge in [-0.15, -0.1) is 0 Å². The minimum atomic E-state index is -0.300. The highest BCUT2D eigenvalue weighted by atomic mass is 16.7. The van der Waals surface area contributed by atoms with E-state index in [0.29, 0.717) is 12.3 Å². The molecule has 0 saturated carbocycles. The average molecular weight is 184 g/mol. The van der Waals surface area contributed by atoms with Crippen molar-refractivity contribution >= 4 is 0 Å². The summed E-state index contributed by atoms with van der Waals surface area (Å²) in [7, 11) is 0. The minimum Gasteiger partial charge on any atom is -0.399 e. The molecule has 0 saturated heterocycles. The van der Waals surface area contributed by atoms with E-state index >= 15 is 0 Å². The standard InChI is InChI=1S/C9H16N2O2/c1-4-12-8(3)13-7(2)9(11)5-6-10/h5,7-8H,4,11H2,1-3H3. The van der Waals surface area contributed by atoms with Crippen LogP contribution in [0, 0.1) is 11.3 Å². The first-order valence-corrected chi connectivity index (χ1v) is 4.24. The van der Waals surface area contributed by atoms with Crippen molar-refractivity contribution in [3.05, 3.63) is 11.8 Å². The molecule has 0 aromatic heterocycles. The molecule has 0 aliphatic carbocycles. The Kier molecular flexibility index (Phi) is 5.94. The van der Waals surface area contributed by atoms with Crippen LogP contribution >= 0.6 is 0 Å². The van der Waals surface area contributed by atoms with Crippen molar-refractivity contribution in [2.75, 3.05) is 6.61 Å². The number of hydrogen-bond donors (Lipinski definition) is 1. The SMILES string of the molecule is CCOC(C)OC(C)C(N)=CC#N. The predicted molar refractivity (Wildman–Crippen MR) is 49.5 cm³/mol. The van der Waals surface area contributed by atoms with Crippen LogP contribution in [0.1, 0.15) is 20.8 Å². The molecule has 0 fully saturated rings. The lowest BCUT2D eigenvalue weighted by molar-refractivity contribution is -0.144. The molecule has 0 rings (SSSR count). The Balaban J connectivity index is 3.93. The summed E-state index contributed by atoms with van der Waals surface area (Å²) in [5, 5.41) is 8.33. The van der Waals surface area contributed by atoms with Crippen LogP contribution in [-0.4, -0.2) is 19.0 Å². The van der Waals surface area contributed by atoms with Gasteiger partial charge in [0.25, 0.3) is 0 Å². The summed E-state index contributed by atoms with van der Waals surface area (Å²) in [6, 6.07) is 1.85. The van der Waals surface area contributed by atoms with Crippen molar-refractivity contribution in [3.8, 4) is 6.07 Å². The van der Waals surface area contributed by atoms with Crippen molar-refractivity contribution < 1.29 is 9.47 Å². The summed E-state index contributed by atoms with van der Waals surface area (Å²) < 4.78 is 10.5. The molecule has 0 aliphatic rings. The van der Waals surface area contributed by atoms with E-state index in [-0.39, 0.29) is 12.4 Å². The molecule has 4 nitrogen and oxygen atoms in total. The Hall–Kier alpha value is -1.05. The third-order valence-electron chi connectivity index (χ3n) is 1.50. The lowest BCUT2D eigenvalue weighted by atomic mass is 10.3. The van der Waals surface area contributed by atoms with Gasteiger partial charge in [0.2, 0.25) is 0 Å². The van der Waals surface area contributed by atoms with E-state index in [1.165, 1.54) is 6.08 Å². The second kappa shape index (κ2) is 6.46. The second-order valence-corrected chi connectivity index (χ2v) is 2.57. The maximum Gasteiger partial charge on any atom is 0.155 e. The monoisotopic (exact) mass is 184 g/mol. The normalized spacial score (nSPS) is 16.3. The first kappa shape index (κ1) is 11.9. The first-order chi connectivity index (χ1) is 6.11. The molecule has 4 heteroatoms. The van der Waals surface area contributed by atoms with E-state index in [1.807, 2.05) is 13.0 Å². The molecular weight excluding hydrogens is 168 g/mol. The number of allylic oxidation sites excluding steroid dienone is 1. The van der Waals surface area contributed by atoms with Gasteiger partial charge in [-0.05, 0) is 20.8 Å². The summed E-state index contributed by atoms with van der Waals surface area (Å²) >= 11 is 0. The predicted octanol–water partition coefficient (Wildman–Crippen LogP) is 1.14. The van der Waals surface area contributed by atoms with Gasteiger partial charge in [0.05, 0.1) is 12.2 Å². The Morgan fingerprint density at radius 3 is 2.69 bits per heavy atom. The van der Waals surface area contributed by atoms with Crippen LogP contribution < -0.4 is 5.73 Å². The molecule has 0 aromatic carbocycles. The van der Waals surface area contributed by atoms with Crippen LogP contribution in [0.2, 0.25) is 0 Å². The lowest BCUT2D eigenvalue weighted by Crippen LogP contribution is -2.24. The largest absolute Gasteiger partial charge is 0.399 e. The van der Waals surface area contributed by atoms with Gasteiger partial charge >= 0.3 is 0 Å². The van der Waals surface area contributed by atoms with E-state index in [1.54, 1.807) is 13.8 Å². The zero-order valence-corrected chi connectivity index (χ0v) is 8.28. The van der Waals surface area contributed by atoms with Gasteiger partial charge in [-0.2, -0.15) is 5.26 Å². The molecule has 0 heterocycles. The molecule has 0 radical (unpaired) electrons. The third-order valence-corrected chi connectivity index (χ3v) is 1.50. The van der Waals surface area contributed by atoms with E-state index < -0.39 is 0 Å². The number of ether oxygens (including phenoxy) is 2. The molecule has 0 aliphatic heterocycles. The van der Waals surface area contributed by atoms with Gasteiger partial charge in [-0.3, -0.25) is 0 Å². The molecule has 0 aromatic rings. The van der Waals surface area contributed by atoms with Gasteiger partial charge in [0.15, 0.2) is 6.29 Å². The molecule has 0 amide bonds. The van der Waals surface area contributed by atoms with Gasteiger partial charge in [-0.1, -0.05) is 0 Å². The molecule has 74 valence electrons. The van der Waals surface area contributed by atoms with Gasteiger partial charge in [0, 0.05) is 18.4 Å². The fourth-order valence-corrected chi connectivity index (χ4v) is 0.832. The van der Waals surface area contributed by atoms with Gasteiger partial charge in [-0.25, -0.2) is 0 Å². The smallest absolute Gasteiger partial charge is 0.155 e. The van der Waals surface area contributed by atoms with Crippen LogP contribution in [-0.2, 0) is 9.47 Å². The summed E-state index contributed by atoms with van der Waals surface area (Å²) in [6.45, 7) is 6.05. The number of nitrogens with two attached hydrogens (primary N) is 1. The fraction of sp³-hybridized carbons (Fsp3) is 0.667. The zero-order chi connectivity index (χ0) is 10.3. The third kappa shape index (κ3) is 5.23. The quantitative estimate of drug-likeness (QED) is 0.514. The summed E-state index contributed by atoms with van der Waals surface area (Å²) in [6.07, 6.45) is 0.676. The number of hydrogen-bond acceptors (Lipinski definition) is 4. The first-order valence-electron chi connectivity index (χ1n) is 4.24. The van der Waals surface area contributed by atoms with Crippen molar-refractivity contribution in [3.63, 3.8) is 0 Å². The Labute approximate surface area is 78.9 Å². The van der Waals surface area contributed by atoms with Gasteiger partial charge in [0.1, 0.15) is 0 Å². The molecule has 2 atom stereocenters. The number of rotatable bonds is 5. The van der Waals surface area contributed by atoms with Crippen LogP contribution in [0.3, 0.4) is 0 Å². The Morgan fingerprint density at radius 1 is 1.62 bits per heavy atom. The highest BCUT2D eigenvalue weighted by Gasteiger charge is 2.09. The van der Waals surface area contributed by atoms with Crippen molar-refractivity contribution in [2.24, 2.45) is 5.73 Å². The average Bonchev–Trinajstić information content (AvgIpc) is 2.05. The number of nitrogens with zero attached hydrogens (tertiary/aromatic N) is 1. The summed E-state index contributed by atoms with van der Waals surface area (Å²) in [5.41, 5.74) is 5.94. The second-order valence-electron chi connectivity index (χ2n) is 2.57. The molecule has 13 heavy (non-hydrogen) atoms. The highest BCUT2D eigenvalue weighted by Crippen LogP contribution is 2.04. The van der Waals surface area contributed by atoms with Crippen LogP contribution in [0.4, 0.5) is 0 Å². The van der Waals surface area contributed by atoms with Crippen molar-refractivity contribution in [1.29, 1.82) is 5.26 Å². The van der Waals surface area contributed by atoms with Crippen LogP contribution in [0.15, 0.2) is 11.8 Å². The topological polar surface area (TPSA) is 68.3 Å². The maximum atomic E-state index is 8.33. The summed E-state index contributed by atoms with van der Waals surface area (Å²) in [4.78, 5) is 0. The molecular formula is C9H16N2O2. The molecule has 2 N–H and O–H groups in total. The van der Waals surface area contributed by atoms with Crippen LogP contribution in [0.25, 0.3) is 0 Å².